The van der Waals surface area contributed by atoms with Crippen LogP contribution in [0.1, 0.15) is 51.5 Å². The Morgan fingerprint density at radius 1 is 1.18 bits per heavy atom. The molecule has 0 aromatic heterocycles. The van der Waals surface area contributed by atoms with Gasteiger partial charge < -0.3 is 10.6 Å². The molecule has 0 aliphatic carbocycles. The van der Waals surface area contributed by atoms with Gasteiger partial charge in [0.15, 0.2) is 0 Å². The summed E-state index contributed by atoms with van der Waals surface area (Å²) >= 11 is 0. The van der Waals surface area contributed by atoms with Crippen molar-refractivity contribution in [2.45, 2.75) is 52.0 Å². The lowest BCUT2D eigenvalue weighted by Gasteiger charge is -2.29. The summed E-state index contributed by atoms with van der Waals surface area (Å²) in [6, 6.07) is 10.6. The van der Waals surface area contributed by atoms with E-state index in [0.29, 0.717) is 24.2 Å². The zero-order valence-electron chi connectivity index (χ0n) is 14.1. The molecule has 2 N–H and O–H groups in total. The smallest absolute Gasteiger partial charge is 0.220 e. The van der Waals surface area contributed by atoms with E-state index in [4.69, 9.17) is 0 Å². The summed E-state index contributed by atoms with van der Waals surface area (Å²) in [5.74, 6) is 1.69. The van der Waals surface area contributed by atoms with Crippen molar-refractivity contribution in [3.63, 3.8) is 0 Å². The van der Waals surface area contributed by atoms with E-state index in [2.05, 4.69) is 55.7 Å². The second-order valence-corrected chi connectivity index (χ2v) is 6.82. The average Bonchev–Trinajstić information content (AvgIpc) is 2.55. The molecule has 1 heterocycles. The number of hydrogen-bond acceptors (Lipinski definition) is 2. The fourth-order valence-electron chi connectivity index (χ4n) is 3.36. The Hall–Kier alpha value is -1.35. The molecule has 3 heteroatoms. The zero-order chi connectivity index (χ0) is 15.9. The van der Waals surface area contributed by atoms with Crippen LogP contribution in [0.3, 0.4) is 0 Å². The predicted molar refractivity (Wildman–Crippen MR) is 91.8 cm³/mol. The highest BCUT2D eigenvalue weighted by Gasteiger charge is 2.23. The van der Waals surface area contributed by atoms with E-state index in [1.165, 1.54) is 18.4 Å². The highest BCUT2D eigenvalue weighted by molar-refractivity contribution is 5.76. The lowest BCUT2D eigenvalue weighted by Crippen LogP contribution is -2.38. The van der Waals surface area contributed by atoms with E-state index < -0.39 is 0 Å². The van der Waals surface area contributed by atoms with E-state index in [0.717, 1.165) is 13.1 Å². The summed E-state index contributed by atoms with van der Waals surface area (Å²) in [6.07, 6.45) is 3.05. The van der Waals surface area contributed by atoms with Crippen LogP contribution in [0.2, 0.25) is 0 Å². The van der Waals surface area contributed by atoms with Crippen LogP contribution in [-0.4, -0.2) is 25.0 Å². The SMILES string of the molecule is CC(CC(=O)NC(C)C(C)c1ccccc1)C1CCNCC1. The Morgan fingerprint density at radius 2 is 1.82 bits per heavy atom. The molecule has 1 fully saturated rings. The van der Waals surface area contributed by atoms with Crippen LogP contribution < -0.4 is 10.6 Å². The molecule has 3 nitrogen and oxygen atoms in total. The highest BCUT2D eigenvalue weighted by atomic mass is 16.1. The standard InChI is InChI=1S/C19H30N2O/c1-14(17-9-11-20-12-10-17)13-19(22)21-16(3)15(2)18-7-5-4-6-8-18/h4-8,14-17,20H,9-13H2,1-3H3,(H,21,22). The van der Waals surface area contributed by atoms with Crippen molar-refractivity contribution in [1.29, 1.82) is 0 Å². The number of piperidine rings is 1. The summed E-state index contributed by atoms with van der Waals surface area (Å²) in [7, 11) is 0. The first kappa shape index (κ1) is 17.0. The van der Waals surface area contributed by atoms with Crippen molar-refractivity contribution < 1.29 is 4.79 Å². The van der Waals surface area contributed by atoms with Crippen LogP contribution in [0.25, 0.3) is 0 Å². The molecule has 0 spiro atoms. The molecule has 0 saturated carbocycles. The lowest BCUT2D eigenvalue weighted by atomic mass is 9.84. The van der Waals surface area contributed by atoms with Crippen molar-refractivity contribution in [2.75, 3.05) is 13.1 Å². The van der Waals surface area contributed by atoms with E-state index >= 15 is 0 Å². The third-order valence-corrected chi connectivity index (χ3v) is 5.16. The Bertz CT molecular complexity index is 454. The monoisotopic (exact) mass is 302 g/mol. The van der Waals surface area contributed by atoms with Gasteiger partial charge in [-0.05, 0) is 50.3 Å². The van der Waals surface area contributed by atoms with Crippen LogP contribution in [0.5, 0.6) is 0 Å². The first-order chi connectivity index (χ1) is 10.6. The number of amides is 1. The molecule has 3 atom stereocenters. The number of carbonyl (C=O) groups is 1. The molecule has 1 aliphatic rings. The van der Waals surface area contributed by atoms with Gasteiger partial charge in [0.2, 0.25) is 5.91 Å². The molecular weight excluding hydrogens is 272 g/mol. The molecule has 0 radical (unpaired) electrons. The summed E-state index contributed by atoms with van der Waals surface area (Å²) in [4.78, 5) is 12.3. The Labute approximate surface area is 134 Å². The Kier molecular flexibility index (Phi) is 6.44. The normalized spacial score (nSPS) is 20.1. The first-order valence-corrected chi connectivity index (χ1v) is 8.63. The minimum absolute atomic E-state index is 0.162. The van der Waals surface area contributed by atoms with Crippen LogP contribution >= 0.6 is 0 Å². The number of nitrogens with one attached hydrogen (secondary N) is 2. The molecule has 1 amide bonds. The van der Waals surface area contributed by atoms with Crippen molar-refractivity contribution >= 4 is 5.91 Å². The van der Waals surface area contributed by atoms with Crippen LogP contribution in [0.4, 0.5) is 0 Å². The molecule has 22 heavy (non-hydrogen) atoms. The third-order valence-electron chi connectivity index (χ3n) is 5.16. The van der Waals surface area contributed by atoms with Crippen molar-refractivity contribution in [3.05, 3.63) is 35.9 Å². The summed E-state index contributed by atoms with van der Waals surface area (Å²) < 4.78 is 0. The van der Waals surface area contributed by atoms with Crippen molar-refractivity contribution in [1.82, 2.24) is 10.6 Å². The number of carbonyl (C=O) groups excluding carboxylic acids is 1. The van der Waals surface area contributed by atoms with Crippen molar-refractivity contribution in [2.24, 2.45) is 11.8 Å². The maximum Gasteiger partial charge on any atom is 0.220 e. The lowest BCUT2D eigenvalue weighted by molar-refractivity contribution is -0.123. The predicted octanol–water partition coefficient (Wildman–Crippen LogP) is 3.32. The van der Waals surface area contributed by atoms with E-state index in [1.54, 1.807) is 0 Å². The van der Waals surface area contributed by atoms with E-state index in [-0.39, 0.29) is 11.9 Å². The van der Waals surface area contributed by atoms with Gasteiger partial charge in [0.1, 0.15) is 0 Å². The molecule has 3 unspecified atom stereocenters. The summed E-state index contributed by atoms with van der Waals surface area (Å²) in [6.45, 7) is 8.69. The van der Waals surface area contributed by atoms with Gasteiger partial charge in [-0.15, -0.1) is 0 Å². The number of rotatable bonds is 6. The largest absolute Gasteiger partial charge is 0.353 e. The summed E-state index contributed by atoms with van der Waals surface area (Å²) in [5, 5.41) is 6.58. The molecule has 0 bridgehead atoms. The second kappa shape index (κ2) is 8.33. The summed E-state index contributed by atoms with van der Waals surface area (Å²) in [5.41, 5.74) is 1.28. The van der Waals surface area contributed by atoms with Gasteiger partial charge in [0.05, 0.1) is 0 Å². The second-order valence-electron chi connectivity index (χ2n) is 6.82. The molecule has 122 valence electrons. The topological polar surface area (TPSA) is 41.1 Å². The van der Waals surface area contributed by atoms with Gasteiger partial charge in [-0.25, -0.2) is 0 Å². The first-order valence-electron chi connectivity index (χ1n) is 8.63. The number of benzene rings is 1. The minimum atomic E-state index is 0.162. The zero-order valence-corrected chi connectivity index (χ0v) is 14.1. The van der Waals surface area contributed by atoms with E-state index in [9.17, 15) is 4.79 Å². The van der Waals surface area contributed by atoms with Crippen LogP contribution in [0, 0.1) is 11.8 Å². The van der Waals surface area contributed by atoms with Gasteiger partial charge >= 0.3 is 0 Å². The average molecular weight is 302 g/mol. The van der Waals surface area contributed by atoms with Crippen LogP contribution in [0.15, 0.2) is 30.3 Å². The molecular formula is C19H30N2O. The maximum atomic E-state index is 12.3. The van der Waals surface area contributed by atoms with Gasteiger partial charge in [-0.2, -0.15) is 0 Å². The minimum Gasteiger partial charge on any atom is -0.353 e. The van der Waals surface area contributed by atoms with E-state index in [1.807, 2.05) is 6.07 Å². The molecule has 1 saturated heterocycles. The molecule has 1 aliphatic heterocycles. The fraction of sp³-hybridized carbons (Fsp3) is 0.632. The molecule has 1 aromatic carbocycles. The fourth-order valence-corrected chi connectivity index (χ4v) is 3.36. The third kappa shape index (κ3) is 4.84. The molecule has 2 rings (SSSR count). The van der Waals surface area contributed by atoms with Crippen LogP contribution in [-0.2, 0) is 4.79 Å². The van der Waals surface area contributed by atoms with Gasteiger partial charge in [-0.3, -0.25) is 4.79 Å². The Balaban J connectivity index is 1.80. The maximum absolute atomic E-state index is 12.3. The number of hydrogen-bond donors (Lipinski definition) is 2. The van der Waals surface area contributed by atoms with Crippen molar-refractivity contribution in [3.8, 4) is 0 Å². The molecule has 1 aromatic rings. The highest BCUT2D eigenvalue weighted by Crippen LogP contribution is 2.24. The van der Waals surface area contributed by atoms with Gasteiger partial charge in [0, 0.05) is 18.4 Å². The van der Waals surface area contributed by atoms with Gasteiger partial charge in [0.25, 0.3) is 0 Å². The van der Waals surface area contributed by atoms with Gasteiger partial charge in [-0.1, -0.05) is 44.2 Å². The quantitative estimate of drug-likeness (QED) is 0.846. The Morgan fingerprint density at radius 3 is 2.45 bits per heavy atom.